The van der Waals surface area contributed by atoms with Gasteiger partial charge in [0.05, 0.1) is 12.6 Å². The van der Waals surface area contributed by atoms with Crippen LogP contribution in [0.1, 0.15) is 36.9 Å². The first kappa shape index (κ1) is 20.3. The average molecular weight is 375 g/mol. The van der Waals surface area contributed by atoms with Crippen LogP contribution in [0.15, 0.2) is 54.6 Å². The van der Waals surface area contributed by atoms with Gasteiger partial charge in [0.25, 0.3) is 0 Å². The average Bonchev–Trinajstić information content (AvgIpc) is 2.68. The maximum Gasteiger partial charge on any atom is 0.223 e. The molecule has 1 amide bonds. The lowest BCUT2D eigenvalue weighted by atomic mass is 9.94. The molecule has 140 valence electrons. The zero-order chi connectivity index (χ0) is 17.5. The van der Waals surface area contributed by atoms with E-state index in [1.165, 1.54) is 0 Å². The third-order valence-electron chi connectivity index (χ3n) is 4.65. The summed E-state index contributed by atoms with van der Waals surface area (Å²) in [5.74, 6) is 1.09. The molecule has 0 saturated carbocycles. The summed E-state index contributed by atoms with van der Waals surface area (Å²) < 4.78 is 5.53. The third kappa shape index (κ3) is 5.23. The predicted octanol–water partition coefficient (Wildman–Crippen LogP) is 3.71. The highest BCUT2D eigenvalue weighted by atomic mass is 35.5. The molecular weight excluding hydrogens is 348 g/mol. The van der Waals surface area contributed by atoms with Crippen molar-refractivity contribution >= 4 is 18.3 Å². The molecule has 0 radical (unpaired) electrons. The van der Waals surface area contributed by atoms with Crippen LogP contribution in [0.2, 0.25) is 0 Å². The van der Waals surface area contributed by atoms with E-state index >= 15 is 0 Å². The zero-order valence-corrected chi connectivity index (χ0v) is 15.9. The molecule has 4 nitrogen and oxygen atoms in total. The van der Waals surface area contributed by atoms with E-state index in [-0.39, 0.29) is 30.3 Å². The van der Waals surface area contributed by atoms with Crippen molar-refractivity contribution in [3.63, 3.8) is 0 Å². The van der Waals surface area contributed by atoms with E-state index in [1.807, 2.05) is 49.4 Å². The molecule has 1 aliphatic rings. The van der Waals surface area contributed by atoms with Gasteiger partial charge in [0.15, 0.2) is 0 Å². The highest BCUT2D eigenvalue weighted by Gasteiger charge is 2.24. The Morgan fingerprint density at radius 3 is 2.31 bits per heavy atom. The van der Waals surface area contributed by atoms with Gasteiger partial charge in [0.2, 0.25) is 5.91 Å². The van der Waals surface area contributed by atoms with E-state index in [0.29, 0.717) is 6.61 Å². The van der Waals surface area contributed by atoms with E-state index in [2.05, 4.69) is 22.8 Å². The topological polar surface area (TPSA) is 50.4 Å². The van der Waals surface area contributed by atoms with Crippen LogP contribution < -0.4 is 15.4 Å². The summed E-state index contributed by atoms with van der Waals surface area (Å²) in [6, 6.07) is 18.0. The molecule has 26 heavy (non-hydrogen) atoms. The number of benzene rings is 2. The number of carbonyl (C=O) groups is 1. The lowest BCUT2D eigenvalue weighted by molar-refractivity contribution is -0.126. The maximum absolute atomic E-state index is 12.8. The summed E-state index contributed by atoms with van der Waals surface area (Å²) in [7, 11) is 0. The largest absolute Gasteiger partial charge is 0.494 e. The number of rotatable bonds is 6. The number of hydrogen-bond donors (Lipinski definition) is 2. The lowest BCUT2D eigenvalue weighted by Crippen LogP contribution is -2.40. The number of piperidine rings is 1. The Morgan fingerprint density at radius 2 is 1.69 bits per heavy atom. The zero-order valence-electron chi connectivity index (χ0n) is 15.1. The standard InChI is InChI=1S/C21H26N2O2.ClH/c1-2-25-19-10-8-17(9-11-19)20(16-6-4-3-5-7-16)23-21(24)18-12-14-22-15-13-18;/h3-11,18,20,22H,2,12-15H2,1H3,(H,23,24);1H. The first-order chi connectivity index (χ1) is 12.3. The SMILES string of the molecule is CCOc1ccc(C(NC(=O)C2CCNCC2)c2ccccc2)cc1.Cl. The monoisotopic (exact) mass is 374 g/mol. The molecule has 1 heterocycles. The van der Waals surface area contributed by atoms with Gasteiger partial charge in [-0.05, 0) is 56.1 Å². The molecule has 2 N–H and O–H groups in total. The highest BCUT2D eigenvalue weighted by molar-refractivity contribution is 5.85. The first-order valence-corrected chi connectivity index (χ1v) is 9.06. The van der Waals surface area contributed by atoms with Crippen molar-refractivity contribution in [3.8, 4) is 5.75 Å². The molecule has 0 spiro atoms. The van der Waals surface area contributed by atoms with Gasteiger partial charge in [-0.1, -0.05) is 42.5 Å². The van der Waals surface area contributed by atoms with Gasteiger partial charge >= 0.3 is 0 Å². The summed E-state index contributed by atoms with van der Waals surface area (Å²) in [6.45, 7) is 4.45. The highest BCUT2D eigenvalue weighted by Crippen LogP contribution is 2.25. The fourth-order valence-electron chi connectivity index (χ4n) is 3.27. The van der Waals surface area contributed by atoms with Crippen LogP contribution in [0.25, 0.3) is 0 Å². The minimum absolute atomic E-state index is 0. The molecule has 2 aromatic carbocycles. The minimum Gasteiger partial charge on any atom is -0.494 e. The van der Waals surface area contributed by atoms with Gasteiger partial charge < -0.3 is 15.4 Å². The summed E-state index contributed by atoms with van der Waals surface area (Å²) in [4.78, 5) is 12.8. The van der Waals surface area contributed by atoms with Crippen molar-refractivity contribution in [3.05, 3.63) is 65.7 Å². The van der Waals surface area contributed by atoms with Crippen LogP contribution in [0, 0.1) is 5.92 Å². The molecule has 1 aliphatic heterocycles. The molecule has 1 fully saturated rings. The van der Waals surface area contributed by atoms with Gasteiger partial charge in [-0.3, -0.25) is 4.79 Å². The number of amides is 1. The molecule has 5 heteroatoms. The Hall–Kier alpha value is -2.04. The van der Waals surface area contributed by atoms with E-state index in [9.17, 15) is 4.79 Å². The molecule has 1 saturated heterocycles. The minimum atomic E-state index is -0.140. The van der Waals surface area contributed by atoms with Crippen molar-refractivity contribution in [1.29, 1.82) is 0 Å². The molecule has 1 unspecified atom stereocenters. The Balaban J connectivity index is 0.00000243. The van der Waals surface area contributed by atoms with Crippen LogP contribution in [0.5, 0.6) is 5.75 Å². The van der Waals surface area contributed by atoms with Gasteiger partial charge in [-0.15, -0.1) is 12.4 Å². The second-order valence-corrected chi connectivity index (χ2v) is 6.38. The summed E-state index contributed by atoms with van der Waals surface area (Å²) in [5, 5.41) is 6.57. The Bertz CT molecular complexity index is 670. The van der Waals surface area contributed by atoms with E-state index in [4.69, 9.17) is 4.74 Å². The predicted molar refractivity (Wildman–Crippen MR) is 107 cm³/mol. The number of ether oxygens (including phenoxy) is 1. The van der Waals surface area contributed by atoms with Crippen LogP contribution in [-0.2, 0) is 4.79 Å². The number of halogens is 1. The van der Waals surface area contributed by atoms with Crippen molar-refractivity contribution in [2.75, 3.05) is 19.7 Å². The van der Waals surface area contributed by atoms with E-state index in [0.717, 1.165) is 42.8 Å². The van der Waals surface area contributed by atoms with Gasteiger partial charge in [-0.2, -0.15) is 0 Å². The first-order valence-electron chi connectivity index (χ1n) is 9.06. The van der Waals surface area contributed by atoms with Crippen LogP contribution in [0.3, 0.4) is 0 Å². The fraction of sp³-hybridized carbons (Fsp3) is 0.381. The van der Waals surface area contributed by atoms with Crippen molar-refractivity contribution in [2.45, 2.75) is 25.8 Å². The molecule has 2 aromatic rings. The van der Waals surface area contributed by atoms with Crippen LogP contribution in [0.4, 0.5) is 0 Å². The quantitative estimate of drug-likeness (QED) is 0.810. The Labute approximate surface area is 161 Å². The van der Waals surface area contributed by atoms with Crippen LogP contribution >= 0.6 is 12.4 Å². The number of nitrogens with one attached hydrogen (secondary N) is 2. The Kier molecular flexibility index (Phi) is 7.95. The smallest absolute Gasteiger partial charge is 0.223 e. The van der Waals surface area contributed by atoms with Crippen molar-refractivity contribution in [2.24, 2.45) is 5.92 Å². The Morgan fingerprint density at radius 1 is 1.08 bits per heavy atom. The van der Waals surface area contributed by atoms with Gasteiger partial charge in [-0.25, -0.2) is 0 Å². The molecular formula is C21H27ClN2O2. The number of carbonyl (C=O) groups excluding carboxylic acids is 1. The van der Waals surface area contributed by atoms with E-state index in [1.54, 1.807) is 0 Å². The molecule has 0 bridgehead atoms. The van der Waals surface area contributed by atoms with Crippen LogP contribution in [-0.4, -0.2) is 25.6 Å². The molecule has 0 aliphatic carbocycles. The fourth-order valence-corrected chi connectivity index (χ4v) is 3.27. The molecule has 1 atom stereocenters. The second-order valence-electron chi connectivity index (χ2n) is 6.38. The third-order valence-corrected chi connectivity index (χ3v) is 4.65. The van der Waals surface area contributed by atoms with E-state index < -0.39 is 0 Å². The molecule has 0 aromatic heterocycles. The van der Waals surface area contributed by atoms with Crippen molar-refractivity contribution < 1.29 is 9.53 Å². The summed E-state index contributed by atoms with van der Waals surface area (Å²) in [5.41, 5.74) is 2.16. The number of hydrogen-bond acceptors (Lipinski definition) is 3. The normalized spacial score (nSPS) is 15.6. The van der Waals surface area contributed by atoms with Gasteiger partial charge in [0, 0.05) is 5.92 Å². The van der Waals surface area contributed by atoms with Gasteiger partial charge in [0.1, 0.15) is 5.75 Å². The second kappa shape index (κ2) is 10.2. The van der Waals surface area contributed by atoms with Crippen molar-refractivity contribution in [1.82, 2.24) is 10.6 Å². The summed E-state index contributed by atoms with van der Waals surface area (Å²) >= 11 is 0. The lowest BCUT2D eigenvalue weighted by Gasteiger charge is -2.26. The molecule has 3 rings (SSSR count). The summed E-state index contributed by atoms with van der Waals surface area (Å²) in [6.07, 6.45) is 1.80. The maximum atomic E-state index is 12.8.